The molecule has 0 aliphatic rings. The van der Waals surface area contributed by atoms with Gasteiger partial charge in [-0.15, -0.1) is 5.10 Å². The summed E-state index contributed by atoms with van der Waals surface area (Å²) in [5, 5.41) is 15.6. The van der Waals surface area contributed by atoms with Crippen LogP contribution < -0.4 is 4.74 Å². The fourth-order valence-electron chi connectivity index (χ4n) is 2.49. The molecule has 0 spiro atoms. The topological polar surface area (TPSA) is 83.0 Å². The summed E-state index contributed by atoms with van der Waals surface area (Å²) in [6.07, 6.45) is 5.06. The van der Waals surface area contributed by atoms with Crippen molar-refractivity contribution in [2.75, 3.05) is 0 Å². The average Bonchev–Trinajstić information content (AvgIpc) is 3.25. The Labute approximate surface area is 137 Å². The second kappa shape index (κ2) is 6.07. The molecule has 0 aliphatic carbocycles. The predicted molar refractivity (Wildman–Crippen MR) is 86.3 cm³/mol. The molecule has 1 aromatic carbocycles. The van der Waals surface area contributed by atoms with Gasteiger partial charge in [0.1, 0.15) is 18.2 Å². The quantitative estimate of drug-likeness (QED) is 0.558. The van der Waals surface area contributed by atoms with Crippen molar-refractivity contribution in [2.24, 2.45) is 0 Å². The van der Waals surface area contributed by atoms with Crippen molar-refractivity contribution >= 4 is 5.65 Å². The van der Waals surface area contributed by atoms with Crippen LogP contribution in [0.2, 0.25) is 0 Å². The molecule has 0 amide bonds. The number of hydrogen-bond donors (Lipinski definition) is 0. The van der Waals surface area contributed by atoms with E-state index in [0.717, 1.165) is 22.7 Å². The maximum Gasteiger partial charge on any atom is 0.153 e. The molecule has 0 radical (unpaired) electrons. The van der Waals surface area contributed by atoms with E-state index in [1.165, 1.54) is 0 Å². The number of ether oxygens (including phenoxy) is 1. The van der Waals surface area contributed by atoms with Gasteiger partial charge in [0.25, 0.3) is 0 Å². The number of nitrogens with zero attached hydrogens (tertiary/aromatic N) is 7. The molecular weight excluding hydrogens is 306 g/mol. The van der Waals surface area contributed by atoms with E-state index < -0.39 is 0 Å². The zero-order valence-corrected chi connectivity index (χ0v) is 13.0. The Morgan fingerprint density at radius 1 is 1.21 bits per heavy atom. The van der Waals surface area contributed by atoms with E-state index in [1.807, 2.05) is 49.5 Å². The van der Waals surface area contributed by atoms with Crippen molar-refractivity contribution in [1.82, 2.24) is 34.8 Å². The van der Waals surface area contributed by atoms with Crippen LogP contribution in [0.1, 0.15) is 6.92 Å². The van der Waals surface area contributed by atoms with E-state index in [4.69, 9.17) is 4.74 Å². The van der Waals surface area contributed by atoms with Gasteiger partial charge in [0.2, 0.25) is 0 Å². The molecule has 1 unspecified atom stereocenters. The van der Waals surface area contributed by atoms with Crippen LogP contribution in [0.4, 0.5) is 0 Å². The first-order chi connectivity index (χ1) is 11.8. The van der Waals surface area contributed by atoms with Gasteiger partial charge < -0.3 is 4.74 Å². The Kier molecular flexibility index (Phi) is 3.62. The maximum atomic E-state index is 5.96. The van der Waals surface area contributed by atoms with Gasteiger partial charge in [-0.3, -0.25) is 0 Å². The summed E-state index contributed by atoms with van der Waals surface area (Å²) in [6, 6.07) is 11.7. The van der Waals surface area contributed by atoms with Crippen LogP contribution in [0.5, 0.6) is 5.75 Å². The van der Waals surface area contributed by atoms with Gasteiger partial charge in [0.05, 0.1) is 12.2 Å². The van der Waals surface area contributed by atoms with Crippen LogP contribution in [0.25, 0.3) is 16.9 Å². The first-order valence-electron chi connectivity index (χ1n) is 7.56. The number of benzene rings is 1. The Morgan fingerprint density at radius 2 is 2.17 bits per heavy atom. The van der Waals surface area contributed by atoms with Gasteiger partial charge in [0, 0.05) is 18.0 Å². The standard InChI is InChI=1S/C16H15N7O/c1-12(10-22-11-18-20-21-22)24-14-4-2-3-13(9-14)15-5-6-16-17-7-8-23(16)19-15/h2-9,11-12H,10H2,1H3. The summed E-state index contributed by atoms with van der Waals surface area (Å²) in [4.78, 5) is 4.20. The van der Waals surface area contributed by atoms with E-state index in [9.17, 15) is 0 Å². The fraction of sp³-hybridized carbons (Fsp3) is 0.188. The first-order valence-corrected chi connectivity index (χ1v) is 7.56. The van der Waals surface area contributed by atoms with Gasteiger partial charge >= 0.3 is 0 Å². The highest BCUT2D eigenvalue weighted by atomic mass is 16.5. The molecule has 0 fully saturated rings. The molecule has 120 valence electrons. The molecule has 0 saturated heterocycles. The minimum absolute atomic E-state index is 0.0622. The van der Waals surface area contributed by atoms with Crippen LogP contribution in [0.15, 0.2) is 55.1 Å². The van der Waals surface area contributed by atoms with Crippen LogP contribution in [-0.2, 0) is 6.54 Å². The molecule has 4 rings (SSSR count). The summed E-state index contributed by atoms with van der Waals surface area (Å²) in [5.74, 6) is 0.778. The molecule has 3 heterocycles. The molecule has 0 aliphatic heterocycles. The molecule has 1 atom stereocenters. The number of tetrazole rings is 1. The van der Waals surface area contributed by atoms with Crippen LogP contribution >= 0.6 is 0 Å². The predicted octanol–water partition coefficient (Wildman–Crippen LogP) is 1.85. The number of rotatable bonds is 5. The molecule has 0 saturated carbocycles. The zero-order valence-electron chi connectivity index (χ0n) is 13.0. The smallest absolute Gasteiger partial charge is 0.153 e. The second-order valence-corrected chi connectivity index (χ2v) is 5.44. The molecule has 8 nitrogen and oxygen atoms in total. The SMILES string of the molecule is CC(Cn1cnnn1)Oc1cccc(-c2ccc3nccn3n2)c1. The normalized spacial score (nSPS) is 12.4. The summed E-state index contributed by atoms with van der Waals surface area (Å²) >= 11 is 0. The van der Waals surface area contributed by atoms with Gasteiger partial charge in [-0.2, -0.15) is 5.10 Å². The molecule has 3 aromatic heterocycles. The third-order valence-corrected chi connectivity index (χ3v) is 3.56. The van der Waals surface area contributed by atoms with Gasteiger partial charge in [-0.25, -0.2) is 14.2 Å². The molecular formula is C16H15N7O. The van der Waals surface area contributed by atoms with Crippen LogP contribution in [-0.4, -0.2) is 40.9 Å². The van der Waals surface area contributed by atoms with E-state index in [1.54, 1.807) is 21.7 Å². The molecule has 8 heteroatoms. The van der Waals surface area contributed by atoms with Crippen molar-refractivity contribution in [3.05, 3.63) is 55.1 Å². The van der Waals surface area contributed by atoms with E-state index in [0.29, 0.717) is 6.54 Å². The highest BCUT2D eigenvalue weighted by Crippen LogP contribution is 2.23. The minimum Gasteiger partial charge on any atom is -0.489 e. The van der Waals surface area contributed by atoms with Crippen molar-refractivity contribution in [1.29, 1.82) is 0 Å². The molecule has 24 heavy (non-hydrogen) atoms. The summed E-state index contributed by atoms with van der Waals surface area (Å²) in [6.45, 7) is 2.56. The average molecular weight is 321 g/mol. The summed E-state index contributed by atoms with van der Waals surface area (Å²) < 4.78 is 9.35. The lowest BCUT2D eigenvalue weighted by atomic mass is 10.1. The van der Waals surface area contributed by atoms with E-state index in [-0.39, 0.29) is 6.10 Å². The largest absolute Gasteiger partial charge is 0.489 e. The first kappa shape index (κ1) is 14.3. The van der Waals surface area contributed by atoms with Gasteiger partial charge in [0.15, 0.2) is 5.65 Å². The van der Waals surface area contributed by atoms with Crippen molar-refractivity contribution in [3.63, 3.8) is 0 Å². The third kappa shape index (κ3) is 2.94. The van der Waals surface area contributed by atoms with Crippen molar-refractivity contribution in [3.8, 4) is 17.0 Å². The molecule has 0 N–H and O–H groups in total. The van der Waals surface area contributed by atoms with Crippen LogP contribution in [0.3, 0.4) is 0 Å². The van der Waals surface area contributed by atoms with Gasteiger partial charge in [-0.1, -0.05) is 12.1 Å². The summed E-state index contributed by atoms with van der Waals surface area (Å²) in [5.41, 5.74) is 2.66. The van der Waals surface area contributed by atoms with E-state index >= 15 is 0 Å². The van der Waals surface area contributed by atoms with Crippen LogP contribution in [0, 0.1) is 0 Å². The zero-order chi connectivity index (χ0) is 16.4. The lowest BCUT2D eigenvalue weighted by Crippen LogP contribution is -2.20. The Hall–Kier alpha value is -3.29. The highest BCUT2D eigenvalue weighted by molar-refractivity contribution is 5.62. The Morgan fingerprint density at radius 3 is 3.04 bits per heavy atom. The molecule has 0 bridgehead atoms. The maximum absolute atomic E-state index is 5.96. The molecule has 4 aromatic rings. The monoisotopic (exact) mass is 321 g/mol. The highest BCUT2D eigenvalue weighted by Gasteiger charge is 2.08. The van der Waals surface area contributed by atoms with Crippen molar-refractivity contribution in [2.45, 2.75) is 19.6 Å². The minimum atomic E-state index is -0.0622. The number of aromatic nitrogens is 7. The Balaban J connectivity index is 1.54. The number of imidazole rings is 1. The lowest BCUT2D eigenvalue weighted by Gasteiger charge is -2.14. The number of fused-ring (bicyclic) bond motifs is 1. The summed E-state index contributed by atoms with van der Waals surface area (Å²) in [7, 11) is 0. The third-order valence-electron chi connectivity index (χ3n) is 3.56. The van der Waals surface area contributed by atoms with Gasteiger partial charge in [-0.05, 0) is 41.6 Å². The second-order valence-electron chi connectivity index (χ2n) is 5.44. The lowest BCUT2D eigenvalue weighted by molar-refractivity contribution is 0.193. The van der Waals surface area contributed by atoms with E-state index in [2.05, 4.69) is 25.6 Å². The Bertz CT molecular complexity index is 948. The van der Waals surface area contributed by atoms with Crippen molar-refractivity contribution < 1.29 is 4.74 Å². The fourth-order valence-corrected chi connectivity index (χ4v) is 2.49. The number of hydrogen-bond acceptors (Lipinski definition) is 6.